The molecule has 1 rings (SSSR count). The summed E-state index contributed by atoms with van der Waals surface area (Å²) in [6.45, 7) is 0. The third kappa shape index (κ3) is 2.90. The summed E-state index contributed by atoms with van der Waals surface area (Å²) in [5, 5.41) is 11.1. The molecule has 1 fully saturated rings. The Kier molecular flexibility index (Phi) is 4.20. The van der Waals surface area contributed by atoms with Gasteiger partial charge in [0, 0.05) is 0 Å². The molecule has 0 aliphatic heterocycles. The quantitative estimate of drug-likeness (QED) is 0.729. The second kappa shape index (κ2) is 5.23. The summed E-state index contributed by atoms with van der Waals surface area (Å²) in [5.41, 5.74) is -1.50. The minimum Gasteiger partial charge on any atom is -0.480 e. The summed E-state index contributed by atoms with van der Waals surface area (Å²) in [4.78, 5) is 22.0. The Morgan fingerprint density at radius 1 is 1.12 bits per heavy atom. The number of hydrogen-bond donors (Lipinski definition) is 2. The number of hydrogen-bond acceptors (Lipinski definition) is 2. The fourth-order valence-corrected chi connectivity index (χ4v) is 2.01. The summed E-state index contributed by atoms with van der Waals surface area (Å²) in [5.74, 6) is -2.72. The monoisotopic (exact) mass is 235 g/mol. The second-order valence-electron chi connectivity index (χ2n) is 4.09. The third-order valence-corrected chi connectivity index (χ3v) is 2.93. The Morgan fingerprint density at radius 3 is 2.00 bits per heavy atom. The first kappa shape index (κ1) is 12.9. The molecular formula is C10H15F2NO3. The van der Waals surface area contributed by atoms with E-state index in [-0.39, 0.29) is 12.8 Å². The van der Waals surface area contributed by atoms with E-state index in [2.05, 4.69) is 0 Å². The van der Waals surface area contributed by atoms with Crippen LogP contribution in [0.25, 0.3) is 0 Å². The normalized spacial score (nSPS) is 20.2. The van der Waals surface area contributed by atoms with E-state index in [1.807, 2.05) is 5.32 Å². The fraction of sp³-hybridized carbons (Fsp3) is 0.800. The highest BCUT2D eigenvalue weighted by Gasteiger charge is 2.41. The first-order valence-electron chi connectivity index (χ1n) is 5.31. The summed E-state index contributed by atoms with van der Waals surface area (Å²) in [7, 11) is 0. The van der Waals surface area contributed by atoms with Gasteiger partial charge in [0.25, 0.3) is 5.91 Å². The molecule has 0 radical (unpaired) electrons. The van der Waals surface area contributed by atoms with E-state index in [9.17, 15) is 18.4 Å². The summed E-state index contributed by atoms with van der Waals surface area (Å²) in [6.07, 6.45) is 0.298. The van der Waals surface area contributed by atoms with Crippen molar-refractivity contribution in [2.75, 3.05) is 0 Å². The van der Waals surface area contributed by atoms with Crippen LogP contribution in [0, 0.1) is 0 Å². The molecule has 92 valence electrons. The molecular weight excluding hydrogens is 220 g/mol. The van der Waals surface area contributed by atoms with Crippen molar-refractivity contribution in [3.63, 3.8) is 0 Å². The van der Waals surface area contributed by atoms with Crippen LogP contribution < -0.4 is 5.32 Å². The predicted octanol–water partition coefficient (Wildman–Crippen LogP) is 1.55. The number of aliphatic carboxylic acids is 1. The van der Waals surface area contributed by atoms with Gasteiger partial charge < -0.3 is 10.4 Å². The van der Waals surface area contributed by atoms with Gasteiger partial charge in [-0.25, -0.2) is 4.79 Å². The molecule has 1 aliphatic rings. The van der Waals surface area contributed by atoms with E-state index < -0.39 is 23.8 Å². The summed E-state index contributed by atoms with van der Waals surface area (Å²) in [6, 6.07) is 0. The molecule has 0 aromatic heterocycles. The average Bonchev–Trinajstić information content (AvgIpc) is 2.44. The first-order chi connectivity index (χ1) is 7.48. The van der Waals surface area contributed by atoms with E-state index in [1.54, 1.807) is 0 Å². The van der Waals surface area contributed by atoms with Crippen molar-refractivity contribution in [1.29, 1.82) is 0 Å². The lowest BCUT2D eigenvalue weighted by atomic mass is 9.90. The Balaban J connectivity index is 2.78. The second-order valence-corrected chi connectivity index (χ2v) is 4.09. The number of alkyl halides is 2. The van der Waals surface area contributed by atoms with Crippen molar-refractivity contribution < 1.29 is 23.5 Å². The van der Waals surface area contributed by atoms with Gasteiger partial charge in [-0.1, -0.05) is 25.7 Å². The van der Waals surface area contributed by atoms with Gasteiger partial charge in [-0.15, -0.1) is 0 Å². The van der Waals surface area contributed by atoms with Gasteiger partial charge in [-0.05, 0) is 12.8 Å². The van der Waals surface area contributed by atoms with E-state index in [1.165, 1.54) is 0 Å². The van der Waals surface area contributed by atoms with Gasteiger partial charge in [0.1, 0.15) is 5.54 Å². The smallest absolute Gasteiger partial charge is 0.329 e. The lowest BCUT2D eigenvalue weighted by Gasteiger charge is -2.29. The van der Waals surface area contributed by atoms with Gasteiger partial charge >= 0.3 is 12.4 Å². The van der Waals surface area contributed by atoms with Crippen LogP contribution in [-0.4, -0.2) is 28.9 Å². The highest BCUT2D eigenvalue weighted by Crippen LogP contribution is 2.27. The Morgan fingerprint density at radius 2 is 1.62 bits per heavy atom. The summed E-state index contributed by atoms with van der Waals surface area (Å²) >= 11 is 0. The zero-order chi connectivity index (χ0) is 12.2. The maximum Gasteiger partial charge on any atom is 0.329 e. The van der Waals surface area contributed by atoms with Gasteiger partial charge in [0.2, 0.25) is 0 Å². The number of carboxylic acid groups (broad SMARTS) is 1. The molecule has 2 N–H and O–H groups in total. The number of amides is 1. The molecule has 4 nitrogen and oxygen atoms in total. The minimum atomic E-state index is -3.17. The first-order valence-corrected chi connectivity index (χ1v) is 5.31. The Bertz CT molecular complexity index is 271. The molecule has 0 atom stereocenters. The average molecular weight is 235 g/mol. The molecule has 0 heterocycles. The molecule has 16 heavy (non-hydrogen) atoms. The molecule has 1 amide bonds. The van der Waals surface area contributed by atoms with Crippen LogP contribution in [0.4, 0.5) is 8.78 Å². The number of carboxylic acids is 1. The van der Waals surface area contributed by atoms with Crippen molar-refractivity contribution in [3.05, 3.63) is 0 Å². The Hall–Kier alpha value is -1.20. The zero-order valence-electron chi connectivity index (χ0n) is 8.84. The SMILES string of the molecule is O=C(NC1(C(=O)O)CCCCCC1)C(F)F. The van der Waals surface area contributed by atoms with Crippen LogP contribution in [0.3, 0.4) is 0 Å². The highest BCUT2D eigenvalue weighted by molar-refractivity contribution is 5.88. The lowest BCUT2D eigenvalue weighted by molar-refractivity contribution is -0.150. The third-order valence-electron chi connectivity index (χ3n) is 2.93. The van der Waals surface area contributed by atoms with Crippen LogP contribution in [0.5, 0.6) is 0 Å². The maximum atomic E-state index is 12.1. The number of rotatable bonds is 3. The largest absolute Gasteiger partial charge is 0.480 e. The number of halogens is 2. The van der Waals surface area contributed by atoms with Gasteiger partial charge in [0.15, 0.2) is 0 Å². The molecule has 6 heteroatoms. The predicted molar refractivity (Wildman–Crippen MR) is 52.2 cm³/mol. The summed E-state index contributed by atoms with van der Waals surface area (Å²) < 4.78 is 24.2. The maximum absolute atomic E-state index is 12.1. The molecule has 0 aromatic rings. The van der Waals surface area contributed by atoms with E-state index in [4.69, 9.17) is 5.11 Å². The van der Waals surface area contributed by atoms with E-state index >= 15 is 0 Å². The zero-order valence-corrected chi connectivity index (χ0v) is 8.84. The molecule has 1 saturated carbocycles. The van der Waals surface area contributed by atoms with Crippen molar-refractivity contribution in [2.24, 2.45) is 0 Å². The van der Waals surface area contributed by atoms with Crippen molar-refractivity contribution >= 4 is 11.9 Å². The van der Waals surface area contributed by atoms with Crippen LogP contribution in [0.15, 0.2) is 0 Å². The molecule has 1 aliphatic carbocycles. The van der Waals surface area contributed by atoms with E-state index in [0.29, 0.717) is 12.8 Å². The highest BCUT2D eigenvalue weighted by atomic mass is 19.3. The van der Waals surface area contributed by atoms with Gasteiger partial charge in [-0.3, -0.25) is 4.79 Å². The van der Waals surface area contributed by atoms with Gasteiger partial charge in [0.05, 0.1) is 0 Å². The molecule has 0 saturated heterocycles. The molecule has 0 bridgehead atoms. The van der Waals surface area contributed by atoms with Crippen LogP contribution in [-0.2, 0) is 9.59 Å². The topological polar surface area (TPSA) is 66.4 Å². The van der Waals surface area contributed by atoms with Crippen LogP contribution in [0.2, 0.25) is 0 Å². The van der Waals surface area contributed by atoms with Crippen LogP contribution in [0.1, 0.15) is 38.5 Å². The van der Waals surface area contributed by atoms with Crippen molar-refractivity contribution in [3.8, 4) is 0 Å². The lowest BCUT2D eigenvalue weighted by Crippen LogP contribution is -2.55. The number of nitrogens with one attached hydrogen (secondary N) is 1. The Labute approximate surface area is 92.0 Å². The van der Waals surface area contributed by atoms with E-state index in [0.717, 1.165) is 12.8 Å². The minimum absolute atomic E-state index is 0.223. The number of carbonyl (C=O) groups is 2. The molecule has 0 spiro atoms. The molecule has 0 aromatic carbocycles. The molecule has 0 unspecified atom stereocenters. The van der Waals surface area contributed by atoms with Gasteiger partial charge in [-0.2, -0.15) is 8.78 Å². The van der Waals surface area contributed by atoms with Crippen molar-refractivity contribution in [2.45, 2.75) is 50.5 Å². The van der Waals surface area contributed by atoms with Crippen molar-refractivity contribution in [1.82, 2.24) is 5.32 Å². The van der Waals surface area contributed by atoms with Crippen LogP contribution >= 0.6 is 0 Å². The standard InChI is InChI=1S/C10H15F2NO3/c11-7(12)8(14)13-10(9(15)16)5-3-1-2-4-6-10/h7H,1-6H2,(H,13,14)(H,15,16). The fourth-order valence-electron chi connectivity index (χ4n) is 2.01. The number of carbonyl (C=O) groups excluding carboxylic acids is 1.